The van der Waals surface area contributed by atoms with Crippen molar-refractivity contribution in [2.24, 2.45) is 5.92 Å². The van der Waals surface area contributed by atoms with Crippen molar-refractivity contribution < 1.29 is 9.90 Å². The zero-order valence-electron chi connectivity index (χ0n) is 10.4. The number of benzene rings is 1. The number of rotatable bonds is 3. The van der Waals surface area contributed by atoms with Gasteiger partial charge in [-0.25, -0.2) is 0 Å². The Bertz CT molecular complexity index is 401. The van der Waals surface area contributed by atoms with Gasteiger partial charge in [-0.2, -0.15) is 0 Å². The number of carbonyl (C=O) groups is 1. The summed E-state index contributed by atoms with van der Waals surface area (Å²) in [5, 5.41) is 12.5. The third kappa shape index (κ3) is 2.86. The van der Waals surface area contributed by atoms with Crippen LogP contribution in [-0.4, -0.2) is 16.6 Å². The fraction of sp³-hybridized carbons (Fsp3) is 0.500. The van der Waals surface area contributed by atoms with Gasteiger partial charge < -0.3 is 10.4 Å². The lowest BCUT2D eigenvalue weighted by molar-refractivity contribution is -0.133. The van der Waals surface area contributed by atoms with E-state index in [1.165, 1.54) is 5.56 Å². The summed E-state index contributed by atoms with van der Waals surface area (Å²) in [6.45, 7) is 3.87. The molecule has 0 heterocycles. The molecule has 1 fully saturated rings. The minimum absolute atomic E-state index is 0.0146. The monoisotopic (exact) mass is 233 g/mol. The van der Waals surface area contributed by atoms with Gasteiger partial charge in [-0.05, 0) is 43.9 Å². The average Bonchev–Trinajstić information content (AvgIpc) is 2.26. The van der Waals surface area contributed by atoms with E-state index in [4.69, 9.17) is 0 Å². The molecule has 1 aliphatic rings. The van der Waals surface area contributed by atoms with Crippen LogP contribution in [0.3, 0.4) is 0 Å². The molecule has 0 aromatic heterocycles. The van der Waals surface area contributed by atoms with Crippen LogP contribution in [0.2, 0.25) is 0 Å². The van der Waals surface area contributed by atoms with Crippen LogP contribution in [0.5, 0.6) is 0 Å². The smallest absolute Gasteiger partial charge is 0.227 e. The lowest BCUT2D eigenvalue weighted by Gasteiger charge is -2.39. The van der Waals surface area contributed by atoms with Crippen LogP contribution in [0.25, 0.3) is 0 Å². The maximum absolute atomic E-state index is 11.8. The summed E-state index contributed by atoms with van der Waals surface area (Å²) in [7, 11) is 0. The fourth-order valence-corrected chi connectivity index (χ4v) is 2.26. The van der Waals surface area contributed by atoms with Crippen molar-refractivity contribution in [3.63, 3.8) is 0 Å². The summed E-state index contributed by atoms with van der Waals surface area (Å²) in [6, 6.07) is 7.89. The van der Waals surface area contributed by atoms with Crippen LogP contribution in [0, 0.1) is 5.92 Å². The Morgan fingerprint density at radius 1 is 1.41 bits per heavy atom. The molecule has 17 heavy (non-hydrogen) atoms. The summed E-state index contributed by atoms with van der Waals surface area (Å²) >= 11 is 0. The molecule has 0 bridgehead atoms. The SMILES string of the molecule is CCc1ccc(NC(=O)C2CC(C)(O)C2)cc1. The Morgan fingerprint density at radius 2 is 2.00 bits per heavy atom. The Balaban J connectivity index is 1.90. The summed E-state index contributed by atoms with van der Waals surface area (Å²) in [6.07, 6.45) is 2.12. The minimum Gasteiger partial charge on any atom is -0.390 e. The maximum Gasteiger partial charge on any atom is 0.227 e. The first-order chi connectivity index (χ1) is 8.00. The first kappa shape index (κ1) is 12.1. The average molecular weight is 233 g/mol. The van der Waals surface area contributed by atoms with E-state index in [0.29, 0.717) is 12.8 Å². The topological polar surface area (TPSA) is 49.3 Å². The molecule has 2 rings (SSSR count). The molecule has 0 saturated heterocycles. The number of amides is 1. The number of hydrogen-bond donors (Lipinski definition) is 2. The maximum atomic E-state index is 11.8. The van der Waals surface area contributed by atoms with Gasteiger partial charge in [0.05, 0.1) is 5.60 Å². The zero-order chi connectivity index (χ0) is 12.5. The standard InChI is InChI=1S/C14H19NO2/c1-3-10-4-6-12(7-5-10)15-13(16)11-8-14(2,17)9-11/h4-7,11,17H,3,8-9H2,1-2H3,(H,15,16). The van der Waals surface area contributed by atoms with E-state index in [2.05, 4.69) is 12.2 Å². The van der Waals surface area contributed by atoms with Crippen molar-refractivity contribution in [1.29, 1.82) is 0 Å². The number of carbonyl (C=O) groups excluding carboxylic acids is 1. The quantitative estimate of drug-likeness (QED) is 0.842. The van der Waals surface area contributed by atoms with Gasteiger partial charge in [0.15, 0.2) is 0 Å². The van der Waals surface area contributed by atoms with E-state index >= 15 is 0 Å². The van der Waals surface area contributed by atoms with Gasteiger partial charge >= 0.3 is 0 Å². The van der Waals surface area contributed by atoms with E-state index in [9.17, 15) is 9.90 Å². The van der Waals surface area contributed by atoms with Crippen LogP contribution in [-0.2, 0) is 11.2 Å². The first-order valence-electron chi connectivity index (χ1n) is 6.12. The van der Waals surface area contributed by atoms with E-state index in [1.807, 2.05) is 24.3 Å². The minimum atomic E-state index is -0.645. The highest BCUT2D eigenvalue weighted by molar-refractivity contribution is 5.93. The van der Waals surface area contributed by atoms with Gasteiger partial charge in [0.1, 0.15) is 0 Å². The second-order valence-corrected chi connectivity index (χ2v) is 5.14. The molecule has 0 aliphatic heterocycles. The van der Waals surface area contributed by atoms with Crippen LogP contribution in [0.1, 0.15) is 32.3 Å². The molecule has 0 spiro atoms. The molecule has 1 aliphatic carbocycles. The molecule has 0 atom stereocenters. The highest BCUT2D eigenvalue weighted by Gasteiger charge is 2.42. The highest BCUT2D eigenvalue weighted by Crippen LogP contribution is 2.37. The Hall–Kier alpha value is -1.35. The zero-order valence-corrected chi connectivity index (χ0v) is 10.4. The molecule has 0 unspecified atom stereocenters. The molecule has 1 aromatic carbocycles. The van der Waals surface area contributed by atoms with Crippen molar-refractivity contribution in [1.82, 2.24) is 0 Å². The van der Waals surface area contributed by atoms with Crippen molar-refractivity contribution >= 4 is 11.6 Å². The Kier molecular flexibility index (Phi) is 3.20. The van der Waals surface area contributed by atoms with Gasteiger partial charge in [0.2, 0.25) is 5.91 Å². The molecule has 1 amide bonds. The first-order valence-corrected chi connectivity index (χ1v) is 6.12. The van der Waals surface area contributed by atoms with E-state index in [-0.39, 0.29) is 11.8 Å². The summed E-state index contributed by atoms with van der Waals surface area (Å²) in [5.41, 5.74) is 1.45. The summed E-state index contributed by atoms with van der Waals surface area (Å²) in [5.74, 6) is -0.0309. The molecule has 92 valence electrons. The molecular weight excluding hydrogens is 214 g/mol. The summed E-state index contributed by atoms with van der Waals surface area (Å²) < 4.78 is 0. The van der Waals surface area contributed by atoms with Gasteiger partial charge in [-0.1, -0.05) is 19.1 Å². The second kappa shape index (κ2) is 4.49. The third-order valence-electron chi connectivity index (χ3n) is 3.37. The highest BCUT2D eigenvalue weighted by atomic mass is 16.3. The van der Waals surface area contributed by atoms with Crippen molar-refractivity contribution in [3.8, 4) is 0 Å². The second-order valence-electron chi connectivity index (χ2n) is 5.14. The Labute approximate surface area is 102 Å². The van der Waals surface area contributed by atoms with Crippen LogP contribution >= 0.6 is 0 Å². The normalized spacial score (nSPS) is 27.4. The molecule has 1 saturated carbocycles. The molecule has 1 aromatic rings. The number of nitrogens with one attached hydrogen (secondary N) is 1. The Morgan fingerprint density at radius 3 is 2.47 bits per heavy atom. The molecular formula is C14H19NO2. The van der Waals surface area contributed by atoms with Gasteiger partial charge in [0.25, 0.3) is 0 Å². The molecule has 3 heteroatoms. The lowest BCUT2D eigenvalue weighted by Crippen LogP contribution is -2.46. The van der Waals surface area contributed by atoms with Crippen LogP contribution in [0.15, 0.2) is 24.3 Å². The molecule has 2 N–H and O–H groups in total. The van der Waals surface area contributed by atoms with Crippen molar-refractivity contribution in [2.75, 3.05) is 5.32 Å². The van der Waals surface area contributed by atoms with E-state index in [0.717, 1.165) is 12.1 Å². The van der Waals surface area contributed by atoms with Crippen molar-refractivity contribution in [2.45, 2.75) is 38.7 Å². The van der Waals surface area contributed by atoms with Gasteiger partial charge in [-0.15, -0.1) is 0 Å². The van der Waals surface area contributed by atoms with E-state index < -0.39 is 5.60 Å². The number of aryl methyl sites for hydroxylation is 1. The number of hydrogen-bond acceptors (Lipinski definition) is 2. The van der Waals surface area contributed by atoms with E-state index in [1.54, 1.807) is 6.92 Å². The van der Waals surface area contributed by atoms with Gasteiger partial charge in [-0.3, -0.25) is 4.79 Å². The predicted molar refractivity (Wildman–Crippen MR) is 67.8 cm³/mol. The lowest BCUT2D eigenvalue weighted by atomic mass is 9.72. The number of anilines is 1. The van der Waals surface area contributed by atoms with Crippen LogP contribution < -0.4 is 5.32 Å². The van der Waals surface area contributed by atoms with Gasteiger partial charge in [0, 0.05) is 11.6 Å². The summed E-state index contributed by atoms with van der Waals surface area (Å²) in [4.78, 5) is 11.8. The molecule has 0 radical (unpaired) electrons. The molecule has 3 nitrogen and oxygen atoms in total. The van der Waals surface area contributed by atoms with Crippen molar-refractivity contribution in [3.05, 3.63) is 29.8 Å². The predicted octanol–water partition coefficient (Wildman–Crippen LogP) is 2.35. The third-order valence-corrected chi connectivity index (χ3v) is 3.37. The largest absolute Gasteiger partial charge is 0.390 e. The fourth-order valence-electron chi connectivity index (χ4n) is 2.26. The van der Waals surface area contributed by atoms with Crippen LogP contribution in [0.4, 0.5) is 5.69 Å². The number of aliphatic hydroxyl groups is 1.